The zero-order valence-corrected chi connectivity index (χ0v) is 12.0. The molecular weight excluding hydrogens is 276 g/mol. The fourth-order valence-corrected chi connectivity index (χ4v) is 1.77. The van der Waals surface area contributed by atoms with Gasteiger partial charge in [-0.25, -0.2) is 24.6 Å². The molecule has 4 N–H and O–H groups in total. The minimum atomic E-state index is -0.693. The van der Waals surface area contributed by atoms with E-state index in [1.165, 1.54) is 12.1 Å². The Morgan fingerprint density at radius 3 is 2.38 bits per heavy atom. The number of hydrogen-bond acceptors (Lipinski definition) is 5. The van der Waals surface area contributed by atoms with Crippen LogP contribution in [0.15, 0.2) is 18.2 Å². The van der Waals surface area contributed by atoms with Crippen molar-refractivity contribution >= 4 is 17.3 Å². The Hall–Kier alpha value is -2.28. The third-order valence-electron chi connectivity index (χ3n) is 3.00. The molecule has 0 radical (unpaired) electrons. The van der Waals surface area contributed by atoms with Crippen molar-refractivity contribution < 1.29 is 8.78 Å². The molecule has 7 heteroatoms. The van der Waals surface area contributed by atoms with E-state index in [2.05, 4.69) is 20.7 Å². The zero-order valence-electron chi connectivity index (χ0n) is 12.0. The molecule has 5 nitrogen and oxygen atoms in total. The smallest absolute Gasteiger partial charge is 0.149 e. The van der Waals surface area contributed by atoms with Crippen molar-refractivity contribution in [2.24, 2.45) is 5.84 Å². The molecule has 0 saturated heterocycles. The van der Waals surface area contributed by atoms with Crippen LogP contribution in [0.2, 0.25) is 0 Å². The predicted molar refractivity (Wildman–Crippen MR) is 78.3 cm³/mol. The van der Waals surface area contributed by atoms with Gasteiger partial charge < -0.3 is 10.7 Å². The Balaban J connectivity index is 2.45. The third kappa shape index (κ3) is 3.25. The number of hydrogen-bond donors (Lipinski definition) is 3. The molecule has 0 atom stereocenters. The number of nitrogens with zero attached hydrogens (tertiary/aromatic N) is 2. The number of benzene rings is 1. The first kappa shape index (κ1) is 15.1. The van der Waals surface area contributed by atoms with Crippen molar-refractivity contribution in [3.8, 4) is 0 Å². The summed E-state index contributed by atoms with van der Waals surface area (Å²) >= 11 is 0. The van der Waals surface area contributed by atoms with Crippen molar-refractivity contribution in [1.82, 2.24) is 9.97 Å². The number of nitrogens with one attached hydrogen (secondary N) is 2. The maximum absolute atomic E-state index is 13.7. The first-order valence-corrected chi connectivity index (χ1v) is 6.49. The fraction of sp³-hybridized carbons (Fsp3) is 0.286. The summed E-state index contributed by atoms with van der Waals surface area (Å²) in [7, 11) is 0. The van der Waals surface area contributed by atoms with Crippen LogP contribution in [0, 0.1) is 18.6 Å². The predicted octanol–water partition coefficient (Wildman–Crippen LogP) is 3.22. The highest BCUT2D eigenvalue weighted by molar-refractivity contribution is 5.65. The van der Waals surface area contributed by atoms with Gasteiger partial charge in [0.1, 0.15) is 29.1 Å². The summed E-state index contributed by atoms with van der Waals surface area (Å²) < 4.78 is 26.7. The molecule has 2 rings (SSSR count). The van der Waals surface area contributed by atoms with Crippen molar-refractivity contribution in [2.45, 2.75) is 26.7 Å². The van der Waals surface area contributed by atoms with Gasteiger partial charge in [-0.15, -0.1) is 0 Å². The maximum atomic E-state index is 13.7. The number of rotatable bonds is 4. The lowest BCUT2D eigenvalue weighted by atomic mass is 10.2. The fourth-order valence-electron chi connectivity index (χ4n) is 1.77. The lowest BCUT2D eigenvalue weighted by Gasteiger charge is -2.15. The van der Waals surface area contributed by atoms with Gasteiger partial charge in [0.05, 0.1) is 5.69 Å². The molecule has 0 fully saturated rings. The van der Waals surface area contributed by atoms with Crippen LogP contribution in [0.4, 0.5) is 26.1 Å². The Labute approximate surface area is 121 Å². The van der Waals surface area contributed by atoms with Gasteiger partial charge in [-0.1, -0.05) is 13.8 Å². The average Bonchev–Trinajstić information content (AvgIpc) is 2.43. The minimum absolute atomic E-state index is 0.0799. The molecule has 2 aromatic rings. The average molecular weight is 293 g/mol. The van der Waals surface area contributed by atoms with E-state index >= 15 is 0 Å². The van der Waals surface area contributed by atoms with Crippen LogP contribution in [0.25, 0.3) is 0 Å². The normalized spacial score (nSPS) is 10.8. The molecule has 21 heavy (non-hydrogen) atoms. The van der Waals surface area contributed by atoms with E-state index in [9.17, 15) is 8.78 Å². The van der Waals surface area contributed by atoms with E-state index in [1.807, 2.05) is 13.8 Å². The quantitative estimate of drug-likeness (QED) is 0.596. The summed E-state index contributed by atoms with van der Waals surface area (Å²) in [5, 5.41) is 2.85. The molecule has 0 aliphatic carbocycles. The number of halogens is 2. The van der Waals surface area contributed by atoms with Crippen LogP contribution in [-0.4, -0.2) is 9.97 Å². The highest BCUT2D eigenvalue weighted by atomic mass is 19.1. The molecule has 0 spiro atoms. The first-order chi connectivity index (χ1) is 9.92. The van der Waals surface area contributed by atoms with E-state index in [-0.39, 0.29) is 11.6 Å². The van der Waals surface area contributed by atoms with Gasteiger partial charge in [0.15, 0.2) is 0 Å². The summed E-state index contributed by atoms with van der Waals surface area (Å²) in [5.74, 6) is 5.64. The maximum Gasteiger partial charge on any atom is 0.149 e. The second-order valence-electron chi connectivity index (χ2n) is 4.95. The second kappa shape index (κ2) is 6.01. The largest absolute Gasteiger partial charge is 0.337 e. The molecule has 0 unspecified atom stereocenters. The van der Waals surface area contributed by atoms with Crippen LogP contribution in [0.3, 0.4) is 0 Å². The van der Waals surface area contributed by atoms with Crippen molar-refractivity contribution in [3.63, 3.8) is 0 Å². The second-order valence-corrected chi connectivity index (χ2v) is 4.95. The van der Waals surface area contributed by atoms with E-state index in [0.717, 1.165) is 6.07 Å². The summed E-state index contributed by atoms with van der Waals surface area (Å²) in [5.41, 5.74) is 3.27. The van der Waals surface area contributed by atoms with Crippen molar-refractivity contribution in [1.29, 1.82) is 0 Å². The molecule has 112 valence electrons. The Morgan fingerprint density at radius 1 is 1.14 bits per heavy atom. The Kier molecular flexibility index (Phi) is 4.32. The molecule has 0 aliphatic rings. The minimum Gasteiger partial charge on any atom is -0.337 e. The zero-order chi connectivity index (χ0) is 15.6. The molecule has 1 aromatic heterocycles. The summed E-state index contributed by atoms with van der Waals surface area (Å²) in [6.45, 7) is 5.63. The van der Waals surface area contributed by atoms with Crippen molar-refractivity contribution in [3.05, 3.63) is 41.2 Å². The van der Waals surface area contributed by atoms with Gasteiger partial charge in [-0.05, 0) is 19.1 Å². The van der Waals surface area contributed by atoms with Gasteiger partial charge in [0, 0.05) is 17.5 Å². The molecule has 0 saturated carbocycles. The SMILES string of the molecule is Cc1c(NN)nc(C(C)C)nc1Nc1ccc(F)cc1F. The van der Waals surface area contributed by atoms with E-state index in [0.29, 0.717) is 23.0 Å². The standard InChI is InChI=1S/C14H17F2N5/c1-7(2)12-19-13(8(3)14(20-12)21-17)18-11-5-4-9(15)6-10(11)16/h4-7H,17H2,1-3H3,(H2,18,19,20,21). The molecule has 1 aromatic carbocycles. The highest BCUT2D eigenvalue weighted by Crippen LogP contribution is 2.26. The highest BCUT2D eigenvalue weighted by Gasteiger charge is 2.14. The number of aromatic nitrogens is 2. The van der Waals surface area contributed by atoms with Gasteiger partial charge in [0.2, 0.25) is 0 Å². The van der Waals surface area contributed by atoms with Crippen LogP contribution >= 0.6 is 0 Å². The monoisotopic (exact) mass is 293 g/mol. The van der Waals surface area contributed by atoms with Gasteiger partial charge >= 0.3 is 0 Å². The lowest BCUT2D eigenvalue weighted by molar-refractivity contribution is 0.586. The lowest BCUT2D eigenvalue weighted by Crippen LogP contribution is -2.14. The van der Waals surface area contributed by atoms with Crippen molar-refractivity contribution in [2.75, 3.05) is 10.7 Å². The number of nitrogens with two attached hydrogens (primary N) is 1. The van der Waals surface area contributed by atoms with Gasteiger partial charge in [-0.2, -0.15) is 0 Å². The Morgan fingerprint density at radius 2 is 1.81 bits per heavy atom. The van der Waals surface area contributed by atoms with Crippen LogP contribution in [0.1, 0.15) is 31.2 Å². The molecule has 1 heterocycles. The first-order valence-electron chi connectivity index (χ1n) is 6.49. The van der Waals surface area contributed by atoms with Crippen LogP contribution in [-0.2, 0) is 0 Å². The van der Waals surface area contributed by atoms with Crippen LogP contribution < -0.4 is 16.6 Å². The van der Waals surface area contributed by atoms with E-state index < -0.39 is 11.6 Å². The molecule has 0 amide bonds. The van der Waals surface area contributed by atoms with Crippen LogP contribution in [0.5, 0.6) is 0 Å². The number of hydrazine groups is 1. The molecule has 0 aliphatic heterocycles. The summed E-state index contributed by atoms with van der Waals surface area (Å²) in [4.78, 5) is 8.65. The Bertz CT molecular complexity index is 658. The summed E-state index contributed by atoms with van der Waals surface area (Å²) in [6.07, 6.45) is 0. The van der Waals surface area contributed by atoms with Gasteiger partial charge in [-0.3, -0.25) is 0 Å². The van der Waals surface area contributed by atoms with E-state index in [1.54, 1.807) is 6.92 Å². The topological polar surface area (TPSA) is 75.9 Å². The third-order valence-corrected chi connectivity index (χ3v) is 3.00. The van der Waals surface area contributed by atoms with Gasteiger partial charge in [0.25, 0.3) is 0 Å². The summed E-state index contributed by atoms with van der Waals surface area (Å²) in [6, 6.07) is 3.30. The molecule has 0 bridgehead atoms. The molecular formula is C14H17F2N5. The number of anilines is 3. The number of nitrogen functional groups attached to an aromatic ring is 1. The van der Waals surface area contributed by atoms with E-state index in [4.69, 9.17) is 5.84 Å².